The molecule has 78 valence electrons. The Morgan fingerprint density at radius 1 is 1.57 bits per heavy atom. The molecule has 0 aliphatic carbocycles. The van der Waals surface area contributed by atoms with Gasteiger partial charge in [-0.05, 0) is 0 Å². The van der Waals surface area contributed by atoms with Gasteiger partial charge in [-0.25, -0.2) is 9.78 Å². The van der Waals surface area contributed by atoms with Gasteiger partial charge in [-0.1, -0.05) is 0 Å². The summed E-state index contributed by atoms with van der Waals surface area (Å²) in [6.45, 7) is 0. The van der Waals surface area contributed by atoms with E-state index in [9.17, 15) is 18.0 Å². The second-order valence-electron chi connectivity index (χ2n) is 2.55. The maximum atomic E-state index is 12.2. The Hall–Kier alpha value is -1.53. The molecule has 0 saturated carbocycles. The molecule has 0 aromatic carbocycles. The predicted molar refractivity (Wildman–Crippen MR) is 39.5 cm³/mol. The molecular formula is C7H7F3N2O2. The fraction of sp³-hybridized carbons (Fsp3) is 0.429. The van der Waals surface area contributed by atoms with Crippen LogP contribution in [0.15, 0.2) is 6.20 Å². The average molecular weight is 208 g/mol. The summed E-state index contributed by atoms with van der Waals surface area (Å²) in [7, 11) is 2.23. The van der Waals surface area contributed by atoms with Gasteiger partial charge in [-0.15, -0.1) is 0 Å². The normalized spacial score (nSPS) is 11.5. The van der Waals surface area contributed by atoms with E-state index in [0.717, 1.165) is 24.9 Å². The highest BCUT2D eigenvalue weighted by molar-refractivity contribution is 5.86. The van der Waals surface area contributed by atoms with Gasteiger partial charge < -0.3 is 9.30 Å². The molecule has 0 bridgehead atoms. The van der Waals surface area contributed by atoms with Crippen molar-refractivity contribution in [2.75, 3.05) is 7.11 Å². The lowest BCUT2D eigenvalue weighted by molar-refractivity contribution is -0.146. The van der Waals surface area contributed by atoms with Crippen molar-refractivity contribution in [2.45, 2.75) is 6.18 Å². The molecule has 1 aromatic rings. The lowest BCUT2D eigenvalue weighted by atomic mass is 10.5. The first-order valence-electron chi connectivity index (χ1n) is 3.55. The molecule has 1 rings (SSSR count). The molecule has 0 saturated heterocycles. The van der Waals surface area contributed by atoms with Crippen molar-refractivity contribution in [3.8, 4) is 0 Å². The molecule has 0 radical (unpaired) electrons. The minimum atomic E-state index is -4.57. The number of hydrogen-bond donors (Lipinski definition) is 0. The number of halogens is 3. The summed E-state index contributed by atoms with van der Waals surface area (Å²) in [4.78, 5) is 14.0. The first-order valence-corrected chi connectivity index (χ1v) is 3.55. The topological polar surface area (TPSA) is 44.1 Å². The highest BCUT2D eigenvalue weighted by atomic mass is 19.4. The van der Waals surface area contributed by atoms with Crippen LogP contribution in [0.3, 0.4) is 0 Å². The van der Waals surface area contributed by atoms with Crippen LogP contribution in [0.4, 0.5) is 13.2 Å². The number of carbonyl (C=O) groups is 1. The molecule has 1 heterocycles. The van der Waals surface area contributed by atoms with Gasteiger partial charge in [-0.3, -0.25) is 0 Å². The summed E-state index contributed by atoms with van der Waals surface area (Å²) in [5, 5.41) is 0. The molecule has 0 aliphatic heterocycles. The average Bonchev–Trinajstić information content (AvgIpc) is 2.45. The molecule has 0 fully saturated rings. The maximum absolute atomic E-state index is 12.2. The van der Waals surface area contributed by atoms with Crippen LogP contribution < -0.4 is 0 Å². The number of nitrogens with zero attached hydrogens (tertiary/aromatic N) is 2. The predicted octanol–water partition coefficient (Wildman–Crippen LogP) is 1.23. The number of imidazole rings is 1. The van der Waals surface area contributed by atoms with Crippen LogP contribution in [0.1, 0.15) is 16.3 Å². The molecule has 0 aliphatic rings. The molecule has 0 spiro atoms. The number of rotatable bonds is 1. The van der Waals surface area contributed by atoms with Crippen molar-refractivity contribution in [3.63, 3.8) is 0 Å². The van der Waals surface area contributed by atoms with E-state index in [1.54, 1.807) is 0 Å². The summed E-state index contributed by atoms with van der Waals surface area (Å²) in [6.07, 6.45) is -3.60. The number of esters is 1. The first-order chi connectivity index (χ1) is 6.36. The minimum absolute atomic E-state index is 0.359. The zero-order valence-electron chi connectivity index (χ0n) is 7.42. The highest BCUT2D eigenvalue weighted by Gasteiger charge is 2.37. The van der Waals surface area contributed by atoms with E-state index in [1.165, 1.54) is 0 Å². The van der Waals surface area contributed by atoms with Crippen molar-refractivity contribution < 1.29 is 22.7 Å². The molecule has 1 aromatic heterocycles. The van der Waals surface area contributed by atoms with E-state index in [1.807, 2.05) is 0 Å². The Morgan fingerprint density at radius 2 is 2.14 bits per heavy atom. The summed E-state index contributed by atoms with van der Waals surface area (Å²) in [6, 6.07) is 0. The molecule has 14 heavy (non-hydrogen) atoms. The number of ether oxygens (including phenoxy) is 1. The van der Waals surface area contributed by atoms with Crippen LogP contribution in [-0.2, 0) is 18.0 Å². The first kappa shape index (κ1) is 10.6. The van der Waals surface area contributed by atoms with E-state index in [0.29, 0.717) is 0 Å². The molecule has 0 amide bonds. The molecule has 7 heteroatoms. The summed E-state index contributed by atoms with van der Waals surface area (Å²) in [5.41, 5.74) is -0.359. The van der Waals surface area contributed by atoms with Gasteiger partial charge in [0, 0.05) is 13.2 Å². The van der Waals surface area contributed by atoms with Crippen LogP contribution in [0.2, 0.25) is 0 Å². The van der Waals surface area contributed by atoms with Crippen molar-refractivity contribution in [3.05, 3.63) is 17.7 Å². The monoisotopic (exact) mass is 208 g/mol. The fourth-order valence-corrected chi connectivity index (χ4v) is 0.933. The van der Waals surface area contributed by atoms with Crippen LogP contribution >= 0.6 is 0 Å². The Kier molecular flexibility index (Phi) is 2.50. The Bertz CT molecular complexity index is 356. The van der Waals surface area contributed by atoms with Crippen LogP contribution in [-0.4, -0.2) is 22.6 Å². The molecule has 0 atom stereocenters. The third kappa shape index (κ3) is 1.86. The third-order valence-electron chi connectivity index (χ3n) is 1.52. The smallest absolute Gasteiger partial charge is 0.449 e. The number of methoxy groups -OCH3 is 1. The van der Waals surface area contributed by atoms with Gasteiger partial charge in [0.1, 0.15) is 0 Å². The molecule has 4 nitrogen and oxygen atoms in total. The molecular weight excluding hydrogens is 201 g/mol. The second-order valence-corrected chi connectivity index (χ2v) is 2.55. The number of aryl methyl sites for hydroxylation is 1. The van der Waals surface area contributed by atoms with Crippen LogP contribution in [0.25, 0.3) is 0 Å². The van der Waals surface area contributed by atoms with Gasteiger partial charge in [0.25, 0.3) is 0 Å². The Balaban J connectivity index is 3.12. The Morgan fingerprint density at radius 3 is 2.50 bits per heavy atom. The van der Waals surface area contributed by atoms with Crippen molar-refractivity contribution in [1.29, 1.82) is 0 Å². The summed E-state index contributed by atoms with van der Waals surface area (Å²) in [5.74, 6) is -2.02. The van der Waals surface area contributed by atoms with Crippen molar-refractivity contribution in [2.24, 2.45) is 7.05 Å². The quantitative estimate of drug-likeness (QED) is 0.652. The van der Waals surface area contributed by atoms with E-state index in [4.69, 9.17) is 0 Å². The minimum Gasteiger partial charge on any atom is -0.464 e. The number of alkyl halides is 3. The molecule has 0 N–H and O–H groups in total. The van der Waals surface area contributed by atoms with Gasteiger partial charge in [-0.2, -0.15) is 13.2 Å². The van der Waals surface area contributed by atoms with Gasteiger partial charge in [0.05, 0.1) is 7.11 Å². The van der Waals surface area contributed by atoms with Crippen LogP contribution in [0.5, 0.6) is 0 Å². The number of aromatic nitrogens is 2. The summed E-state index contributed by atoms with van der Waals surface area (Å²) < 4.78 is 41.5. The lowest BCUT2D eigenvalue weighted by Gasteiger charge is -2.03. The largest absolute Gasteiger partial charge is 0.464 e. The van der Waals surface area contributed by atoms with E-state index in [-0.39, 0.29) is 5.69 Å². The maximum Gasteiger partial charge on any atom is 0.449 e. The second kappa shape index (κ2) is 3.32. The van der Waals surface area contributed by atoms with Gasteiger partial charge in [0.15, 0.2) is 5.69 Å². The Labute approximate surface area is 77.3 Å². The molecule has 0 unspecified atom stereocenters. The summed E-state index contributed by atoms with van der Waals surface area (Å²) >= 11 is 0. The third-order valence-corrected chi connectivity index (χ3v) is 1.52. The number of carbonyl (C=O) groups excluding carboxylic acids is 1. The lowest BCUT2D eigenvalue weighted by Crippen LogP contribution is -2.12. The SMILES string of the molecule is COC(=O)c1cn(C)c(C(F)(F)F)n1. The highest BCUT2D eigenvalue weighted by Crippen LogP contribution is 2.27. The fourth-order valence-electron chi connectivity index (χ4n) is 0.933. The number of hydrogen-bond acceptors (Lipinski definition) is 3. The van der Waals surface area contributed by atoms with E-state index < -0.39 is 18.0 Å². The van der Waals surface area contributed by atoms with Gasteiger partial charge >= 0.3 is 12.1 Å². The van der Waals surface area contributed by atoms with Crippen LogP contribution in [0, 0.1) is 0 Å². The van der Waals surface area contributed by atoms with Gasteiger partial charge in [0.2, 0.25) is 5.82 Å². The van der Waals surface area contributed by atoms with Crippen molar-refractivity contribution in [1.82, 2.24) is 9.55 Å². The zero-order chi connectivity index (χ0) is 10.9. The van der Waals surface area contributed by atoms with E-state index in [2.05, 4.69) is 9.72 Å². The standard InChI is InChI=1S/C7H7F3N2O2/c1-12-3-4(5(13)14-2)11-6(12)7(8,9)10/h3H,1-2H3. The zero-order valence-corrected chi connectivity index (χ0v) is 7.42. The van der Waals surface area contributed by atoms with Crippen molar-refractivity contribution >= 4 is 5.97 Å². The van der Waals surface area contributed by atoms with E-state index >= 15 is 0 Å².